The van der Waals surface area contributed by atoms with E-state index >= 15 is 0 Å². The molecule has 0 bridgehead atoms. The van der Waals surface area contributed by atoms with Crippen molar-refractivity contribution in [2.75, 3.05) is 0 Å². The lowest BCUT2D eigenvalue weighted by Crippen LogP contribution is -1.82. The second-order valence-corrected chi connectivity index (χ2v) is 6.21. The van der Waals surface area contributed by atoms with Crippen molar-refractivity contribution in [3.63, 3.8) is 0 Å². The monoisotopic (exact) mass is 330 g/mol. The molecule has 0 atom stereocenters. The molecule has 0 fully saturated rings. The SMILES string of the molecule is Cc1cc(C)cc(-c2cc(N=Cc3c(O)[nH]c4ccccc34)n[nH]2)c1. The molecule has 0 amide bonds. The van der Waals surface area contributed by atoms with Crippen LogP contribution in [0.4, 0.5) is 5.82 Å². The first-order valence-electron chi connectivity index (χ1n) is 8.08. The molecule has 124 valence electrons. The summed E-state index contributed by atoms with van der Waals surface area (Å²) in [6.07, 6.45) is 1.63. The zero-order valence-electron chi connectivity index (χ0n) is 14.0. The van der Waals surface area contributed by atoms with Crippen LogP contribution in [0.1, 0.15) is 16.7 Å². The average molecular weight is 330 g/mol. The number of benzene rings is 2. The maximum atomic E-state index is 10.1. The number of nitrogens with zero attached hydrogens (tertiary/aromatic N) is 2. The van der Waals surface area contributed by atoms with Crippen LogP contribution >= 0.6 is 0 Å². The molecule has 0 aliphatic rings. The Kier molecular flexibility index (Phi) is 3.61. The summed E-state index contributed by atoms with van der Waals surface area (Å²) in [6, 6.07) is 16.0. The van der Waals surface area contributed by atoms with E-state index in [4.69, 9.17) is 0 Å². The molecule has 5 heteroatoms. The molecule has 5 nitrogen and oxygen atoms in total. The number of fused-ring (bicyclic) bond motifs is 1. The van der Waals surface area contributed by atoms with Crippen LogP contribution in [0.15, 0.2) is 53.5 Å². The van der Waals surface area contributed by atoms with Crippen LogP contribution in [0, 0.1) is 13.8 Å². The smallest absolute Gasteiger partial charge is 0.198 e. The van der Waals surface area contributed by atoms with Gasteiger partial charge in [-0.2, -0.15) is 5.10 Å². The first kappa shape index (κ1) is 15.2. The quantitative estimate of drug-likeness (QED) is 0.479. The van der Waals surface area contributed by atoms with Crippen LogP contribution in [0.25, 0.3) is 22.2 Å². The van der Waals surface area contributed by atoms with E-state index in [1.54, 1.807) is 6.21 Å². The fourth-order valence-corrected chi connectivity index (χ4v) is 3.07. The molecule has 2 aromatic heterocycles. The van der Waals surface area contributed by atoms with Gasteiger partial charge in [0.2, 0.25) is 0 Å². The summed E-state index contributed by atoms with van der Waals surface area (Å²) in [5.74, 6) is 0.675. The van der Waals surface area contributed by atoms with Gasteiger partial charge in [0.15, 0.2) is 11.7 Å². The van der Waals surface area contributed by atoms with Crippen LogP contribution < -0.4 is 0 Å². The second kappa shape index (κ2) is 5.94. The number of aromatic nitrogens is 3. The largest absolute Gasteiger partial charge is 0.494 e. The lowest BCUT2D eigenvalue weighted by atomic mass is 10.1. The van der Waals surface area contributed by atoms with Crippen molar-refractivity contribution in [2.45, 2.75) is 13.8 Å². The average Bonchev–Trinajstić information content (AvgIpc) is 3.16. The highest BCUT2D eigenvalue weighted by Gasteiger charge is 2.09. The zero-order valence-corrected chi connectivity index (χ0v) is 14.0. The maximum Gasteiger partial charge on any atom is 0.198 e. The first-order chi connectivity index (χ1) is 12.1. The number of aliphatic imine (C=N–C) groups is 1. The Bertz CT molecular complexity index is 1070. The molecule has 0 saturated carbocycles. The molecule has 2 aromatic carbocycles. The van der Waals surface area contributed by atoms with Gasteiger partial charge >= 0.3 is 0 Å². The number of hydrogen-bond donors (Lipinski definition) is 3. The van der Waals surface area contributed by atoms with Crippen molar-refractivity contribution in [2.24, 2.45) is 4.99 Å². The number of nitrogens with one attached hydrogen (secondary N) is 2. The zero-order chi connectivity index (χ0) is 17.4. The van der Waals surface area contributed by atoms with Crippen molar-refractivity contribution < 1.29 is 5.11 Å². The number of aromatic hydroxyl groups is 1. The third-order valence-corrected chi connectivity index (χ3v) is 4.15. The van der Waals surface area contributed by atoms with Gasteiger partial charge in [0.1, 0.15) is 0 Å². The van der Waals surface area contributed by atoms with Crippen molar-refractivity contribution in [3.8, 4) is 17.1 Å². The molecule has 0 spiro atoms. The van der Waals surface area contributed by atoms with E-state index in [0.29, 0.717) is 11.4 Å². The van der Waals surface area contributed by atoms with Gasteiger partial charge in [-0.3, -0.25) is 5.10 Å². The lowest BCUT2D eigenvalue weighted by Gasteiger charge is -2.01. The summed E-state index contributed by atoms with van der Waals surface area (Å²) >= 11 is 0. The molecule has 3 N–H and O–H groups in total. The topological polar surface area (TPSA) is 77.1 Å². The molecule has 0 radical (unpaired) electrons. The summed E-state index contributed by atoms with van der Waals surface area (Å²) in [6.45, 7) is 4.15. The Hall–Kier alpha value is -3.34. The van der Waals surface area contributed by atoms with Gasteiger partial charge in [-0.25, -0.2) is 4.99 Å². The first-order valence-corrected chi connectivity index (χ1v) is 8.08. The fraction of sp³-hybridized carbons (Fsp3) is 0.100. The van der Waals surface area contributed by atoms with E-state index in [-0.39, 0.29) is 5.88 Å². The third kappa shape index (κ3) is 2.92. The number of aromatic amines is 2. The Labute approximate surface area is 145 Å². The van der Waals surface area contributed by atoms with Gasteiger partial charge in [-0.15, -0.1) is 0 Å². The van der Waals surface area contributed by atoms with E-state index in [1.165, 1.54) is 11.1 Å². The number of rotatable bonds is 3. The van der Waals surface area contributed by atoms with Crippen LogP contribution in [0.3, 0.4) is 0 Å². The predicted octanol–water partition coefficient (Wildman–Crippen LogP) is 4.63. The summed E-state index contributed by atoms with van der Waals surface area (Å²) < 4.78 is 0. The maximum absolute atomic E-state index is 10.1. The number of para-hydroxylation sites is 1. The molecule has 25 heavy (non-hydrogen) atoms. The highest BCUT2D eigenvalue weighted by molar-refractivity contribution is 6.02. The standard InChI is InChI=1S/C20H18N4O/c1-12-7-13(2)9-14(8-12)18-10-19(24-23-18)21-11-16-15-5-3-4-6-17(15)22-20(16)25/h3-11,22,25H,1-2H3,(H,23,24). The van der Waals surface area contributed by atoms with Crippen LogP contribution in [0.2, 0.25) is 0 Å². The summed E-state index contributed by atoms with van der Waals surface area (Å²) in [5.41, 5.74) is 5.95. The van der Waals surface area contributed by atoms with Gasteiger partial charge in [-0.1, -0.05) is 35.4 Å². The van der Waals surface area contributed by atoms with Crippen LogP contribution in [-0.4, -0.2) is 26.5 Å². The lowest BCUT2D eigenvalue weighted by molar-refractivity contribution is 0.457. The van der Waals surface area contributed by atoms with E-state index in [0.717, 1.165) is 22.2 Å². The summed E-state index contributed by atoms with van der Waals surface area (Å²) in [5, 5.41) is 18.3. The highest BCUT2D eigenvalue weighted by atomic mass is 16.3. The normalized spacial score (nSPS) is 11.6. The minimum absolute atomic E-state index is 0.106. The molecule has 0 unspecified atom stereocenters. The van der Waals surface area contributed by atoms with Gasteiger partial charge in [0.05, 0.1) is 11.3 Å². The van der Waals surface area contributed by atoms with Gasteiger partial charge < -0.3 is 10.1 Å². The molecule has 0 aliphatic carbocycles. The second-order valence-electron chi connectivity index (χ2n) is 6.21. The Morgan fingerprint density at radius 3 is 2.60 bits per heavy atom. The van der Waals surface area contributed by atoms with E-state index in [9.17, 15) is 5.11 Å². The minimum atomic E-state index is 0.106. The molecule has 4 aromatic rings. The molecule has 4 rings (SSSR count). The fourth-order valence-electron chi connectivity index (χ4n) is 3.07. The van der Waals surface area contributed by atoms with Crippen LogP contribution in [-0.2, 0) is 0 Å². The van der Waals surface area contributed by atoms with E-state index in [1.807, 2.05) is 30.3 Å². The Morgan fingerprint density at radius 1 is 1.04 bits per heavy atom. The molecular formula is C20H18N4O. The van der Waals surface area contributed by atoms with E-state index < -0.39 is 0 Å². The number of H-pyrrole nitrogens is 2. The van der Waals surface area contributed by atoms with Gasteiger partial charge in [0, 0.05) is 28.7 Å². The number of hydrogen-bond acceptors (Lipinski definition) is 3. The Morgan fingerprint density at radius 2 is 1.80 bits per heavy atom. The van der Waals surface area contributed by atoms with Crippen LogP contribution in [0.5, 0.6) is 5.88 Å². The predicted molar refractivity (Wildman–Crippen MR) is 101 cm³/mol. The van der Waals surface area contributed by atoms with Crippen molar-refractivity contribution in [1.82, 2.24) is 15.2 Å². The van der Waals surface area contributed by atoms with Crippen molar-refractivity contribution in [3.05, 3.63) is 65.2 Å². The highest BCUT2D eigenvalue weighted by Crippen LogP contribution is 2.27. The minimum Gasteiger partial charge on any atom is -0.494 e. The van der Waals surface area contributed by atoms with E-state index in [2.05, 4.69) is 52.2 Å². The molecular weight excluding hydrogens is 312 g/mol. The molecule has 2 heterocycles. The Balaban J connectivity index is 1.66. The summed E-state index contributed by atoms with van der Waals surface area (Å²) in [7, 11) is 0. The van der Waals surface area contributed by atoms with Crippen molar-refractivity contribution >= 4 is 22.9 Å². The third-order valence-electron chi connectivity index (χ3n) is 4.15. The summed E-state index contributed by atoms with van der Waals surface area (Å²) in [4.78, 5) is 7.35. The number of aryl methyl sites for hydroxylation is 2. The molecule has 0 saturated heterocycles. The van der Waals surface area contributed by atoms with Gasteiger partial charge in [-0.05, 0) is 32.0 Å². The molecule has 0 aliphatic heterocycles. The van der Waals surface area contributed by atoms with Crippen molar-refractivity contribution in [1.29, 1.82) is 0 Å². The van der Waals surface area contributed by atoms with Gasteiger partial charge in [0.25, 0.3) is 0 Å².